The van der Waals surface area contributed by atoms with Gasteiger partial charge in [-0.25, -0.2) is 0 Å². The predicted octanol–water partition coefficient (Wildman–Crippen LogP) is 7.73. The van der Waals surface area contributed by atoms with Gasteiger partial charge >= 0.3 is 11.9 Å². The van der Waals surface area contributed by atoms with E-state index in [0.717, 1.165) is 55.8 Å². The van der Waals surface area contributed by atoms with E-state index in [2.05, 4.69) is 34.6 Å². The summed E-state index contributed by atoms with van der Waals surface area (Å²) >= 11 is 0. The molecule has 0 bridgehead atoms. The molecule has 4 heteroatoms. The maximum absolute atomic E-state index is 12.4. The Morgan fingerprint density at radius 1 is 0.857 bits per heavy atom. The lowest BCUT2D eigenvalue weighted by Crippen LogP contribution is -2.68. The molecule has 4 nitrogen and oxygen atoms in total. The largest absolute Gasteiger partial charge is 0.458 e. The Morgan fingerprint density at radius 2 is 1.60 bits per heavy atom. The Bertz CT molecular complexity index is 791. The zero-order valence-corrected chi connectivity index (χ0v) is 23.7. The van der Waals surface area contributed by atoms with Crippen LogP contribution >= 0.6 is 0 Å². The van der Waals surface area contributed by atoms with Gasteiger partial charge in [0.25, 0.3) is 0 Å². The highest BCUT2D eigenvalue weighted by molar-refractivity contribution is 5.68. The lowest BCUT2D eigenvalue weighted by Gasteiger charge is -2.65. The van der Waals surface area contributed by atoms with Crippen molar-refractivity contribution in [2.45, 2.75) is 137 Å². The Kier molecular flexibility index (Phi) is 7.72. The summed E-state index contributed by atoms with van der Waals surface area (Å²) in [6, 6.07) is 0. The summed E-state index contributed by atoms with van der Waals surface area (Å²) in [7, 11) is 0. The second kappa shape index (κ2) is 10.0. The highest BCUT2D eigenvalue weighted by atomic mass is 16.6. The third-order valence-corrected chi connectivity index (χ3v) is 11.6. The molecule has 0 N–H and O–H groups in total. The molecule has 0 aromatic heterocycles. The van der Waals surface area contributed by atoms with Gasteiger partial charge in [-0.2, -0.15) is 0 Å². The molecule has 0 unspecified atom stereocenters. The summed E-state index contributed by atoms with van der Waals surface area (Å²) in [6.45, 7) is 15.2. The van der Waals surface area contributed by atoms with Crippen molar-refractivity contribution >= 4 is 11.9 Å². The minimum absolute atomic E-state index is 0.123. The molecular weight excluding hydrogens is 436 g/mol. The van der Waals surface area contributed by atoms with Gasteiger partial charge in [0.05, 0.1) is 0 Å². The van der Waals surface area contributed by atoms with Crippen LogP contribution in [-0.4, -0.2) is 23.6 Å². The molecule has 4 rings (SSSR count). The molecular formula is C31H52O4. The molecule has 0 spiro atoms. The monoisotopic (exact) mass is 488 g/mol. The van der Waals surface area contributed by atoms with Crippen LogP contribution in [0.4, 0.5) is 0 Å². The number of esters is 2. The van der Waals surface area contributed by atoms with E-state index in [4.69, 9.17) is 9.47 Å². The summed E-state index contributed by atoms with van der Waals surface area (Å²) < 4.78 is 12.2. The number of carbonyl (C=O) groups is 2. The molecule has 0 aromatic rings. The molecule has 9 atom stereocenters. The van der Waals surface area contributed by atoms with Crippen LogP contribution in [0.2, 0.25) is 0 Å². The molecule has 0 saturated heterocycles. The second-order valence-electron chi connectivity index (χ2n) is 13.8. The Morgan fingerprint density at radius 3 is 2.26 bits per heavy atom. The van der Waals surface area contributed by atoms with Crippen molar-refractivity contribution < 1.29 is 19.1 Å². The zero-order chi connectivity index (χ0) is 25.6. The highest BCUT2D eigenvalue weighted by Gasteiger charge is 2.68. The van der Waals surface area contributed by atoms with Crippen LogP contribution < -0.4 is 0 Å². The first kappa shape index (κ1) is 27.0. The van der Waals surface area contributed by atoms with Crippen LogP contribution in [0.3, 0.4) is 0 Å². The fourth-order valence-corrected chi connectivity index (χ4v) is 10.1. The van der Waals surface area contributed by atoms with E-state index >= 15 is 0 Å². The van der Waals surface area contributed by atoms with Gasteiger partial charge in [0.1, 0.15) is 6.10 Å². The number of hydrogen-bond donors (Lipinski definition) is 0. The molecule has 0 aliphatic heterocycles. The summed E-state index contributed by atoms with van der Waals surface area (Å²) in [5.41, 5.74) is -0.345. The third kappa shape index (κ3) is 4.58. The first-order chi connectivity index (χ1) is 16.4. The van der Waals surface area contributed by atoms with Gasteiger partial charge in [-0.1, -0.05) is 53.9 Å². The Balaban J connectivity index is 1.58. The van der Waals surface area contributed by atoms with E-state index in [1.807, 2.05) is 0 Å². The molecule has 0 aromatic carbocycles. The molecule has 0 radical (unpaired) electrons. The van der Waals surface area contributed by atoms with Crippen molar-refractivity contribution in [3.05, 3.63) is 0 Å². The number of fused-ring (bicyclic) bond motifs is 5. The van der Waals surface area contributed by atoms with Crippen LogP contribution in [0.5, 0.6) is 0 Å². The highest BCUT2D eigenvalue weighted by Crippen LogP contribution is 2.70. The quantitative estimate of drug-likeness (QED) is 0.344. The maximum Gasteiger partial charge on any atom is 0.303 e. The Labute approximate surface area is 214 Å². The van der Waals surface area contributed by atoms with Gasteiger partial charge in [0.15, 0.2) is 5.60 Å². The van der Waals surface area contributed by atoms with Crippen LogP contribution in [0, 0.1) is 46.3 Å². The molecule has 4 aliphatic carbocycles. The van der Waals surface area contributed by atoms with Crippen molar-refractivity contribution in [3.63, 3.8) is 0 Å². The average molecular weight is 489 g/mol. The summed E-state index contributed by atoms with van der Waals surface area (Å²) in [4.78, 5) is 24.5. The van der Waals surface area contributed by atoms with Gasteiger partial charge in [-0.15, -0.1) is 0 Å². The van der Waals surface area contributed by atoms with E-state index < -0.39 is 5.60 Å². The molecule has 4 saturated carbocycles. The number of rotatable bonds is 7. The number of ether oxygens (including phenoxy) is 2. The summed E-state index contributed by atoms with van der Waals surface area (Å²) in [6.07, 6.45) is 13.9. The zero-order valence-electron chi connectivity index (χ0n) is 23.7. The van der Waals surface area contributed by atoms with Crippen molar-refractivity contribution in [1.29, 1.82) is 0 Å². The van der Waals surface area contributed by atoms with E-state index in [1.165, 1.54) is 58.8 Å². The van der Waals surface area contributed by atoms with Gasteiger partial charge in [-0.3, -0.25) is 9.59 Å². The SMILES string of the molecule is CC(=O)O[C@@H]1CCC[C@]2(C)[C@@H]3CC[C@]4(C)[C@H](CC[C@H]4[C@H](C)CCCC(C)C)[C@H]3CC[C@@]12OC(C)=O. The van der Waals surface area contributed by atoms with Crippen LogP contribution in [0.25, 0.3) is 0 Å². The van der Waals surface area contributed by atoms with Crippen molar-refractivity contribution in [2.24, 2.45) is 46.3 Å². The maximum atomic E-state index is 12.4. The first-order valence-electron chi connectivity index (χ1n) is 14.8. The molecule has 0 amide bonds. The lowest BCUT2D eigenvalue weighted by atomic mass is 9.42. The summed E-state index contributed by atoms with van der Waals surface area (Å²) in [5.74, 6) is 3.99. The topological polar surface area (TPSA) is 52.6 Å². The lowest BCUT2D eigenvalue weighted by molar-refractivity contribution is -0.263. The van der Waals surface area contributed by atoms with Gasteiger partial charge in [-0.05, 0) is 98.7 Å². The van der Waals surface area contributed by atoms with Gasteiger partial charge in [0, 0.05) is 19.3 Å². The molecule has 4 fully saturated rings. The van der Waals surface area contributed by atoms with Crippen LogP contribution in [0.15, 0.2) is 0 Å². The first-order valence-corrected chi connectivity index (χ1v) is 14.8. The fourth-order valence-electron chi connectivity index (χ4n) is 10.1. The number of carbonyl (C=O) groups excluding carboxylic acids is 2. The predicted molar refractivity (Wildman–Crippen MR) is 140 cm³/mol. The van der Waals surface area contributed by atoms with Crippen molar-refractivity contribution in [2.75, 3.05) is 0 Å². The minimum Gasteiger partial charge on any atom is -0.458 e. The van der Waals surface area contributed by atoms with Crippen molar-refractivity contribution in [1.82, 2.24) is 0 Å². The average Bonchev–Trinajstić information content (AvgIpc) is 3.11. The standard InChI is InChI=1S/C31H52O4/c1-20(2)10-8-11-21(3)25-13-14-26-24-15-19-31(35-23(5)33)28(34-22(4)32)12-9-17-30(31,7)27(24)16-18-29(25,26)6/h20-21,24-28H,8-19H2,1-7H3/t21-,24-,25+,26-,27-,28-,29+,30-,31-/m1/s1. The Hall–Kier alpha value is -1.06. The second-order valence-corrected chi connectivity index (χ2v) is 13.8. The normalized spacial score (nSPS) is 43.6. The van der Waals surface area contributed by atoms with E-state index in [0.29, 0.717) is 17.3 Å². The molecule has 200 valence electrons. The minimum atomic E-state index is -0.667. The third-order valence-electron chi connectivity index (χ3n) is 11.6. The van der Waals surface area contributed by atoms with E-state index in [1.54, 1.807) is 0 Å². The van der Waals surface area contributed by atoms with E-state index in [-0.39, 0.29) is 23.5 Å². The van der Waals surface area contributed by atoms with Crippen LogP contribution in [-0.2, 0) is 19.1 Å². The molecule has 35 heavy (non-hydrogen) atoms. The van der Waals surface area contributed by atoms with Crippen molar-refractivity contribution in [3.8, 4) is 0 Å². The van der Waals surface area contributed by atoms with Gasteiger partial charge in [0.2, 0.25) is 0 Å². The fraction of sp³-hybridized carbons (Fsp3) is 0.935. The van der Waals surface area contributed by atoms with E-state index in [9.17, 15) is 9.59 Å². The smallest absolute Gasteiger partial charge is 0.303 e. The van der Waals surface area contributed by atoms with Crippen LogP contribution in [0.1, 0.15) is 126 Å². The molecule has 4 aliphatic rings. The molecule has 0 heterocycles. The van der Waals surface area contributed by atoms with Gasteiger partial charge < -0.3 is 9.47 Å². The summed E-state index contributed by atoms with van der Waals surface area (Å²) in [5, 5.41) is 0. The number of hydrogen-bond acceptors (Lipinski definition) is 4.